The highest BCUT2D eigenvalue weighted by Gasteiger charge is 2.09. The number of hydrogen-bond donors (Lipinski definition) is 1. The topological polar surface area (TPSA) is 85.1 Å². The van der Waals surface area contributed by atoms with Crippen molar-refractivity contribution in [3.05, 3.63) is 46.8 Å². The van der Waals surface area contributed by atoms with Crippen LogP contribution in [-0.4, -0.2) is 25.6 Å². The molecule has 6 nitrogen and oxygen atoms in total. The number of aromatic nitrogens is 3. The number of aryl methyl sites for hydroxylation is 1. The molecule has 0 aliphatic carbocycles. The summed E-state index contributed by atoms with van der Waals surface area (Å²) in [4.78, 5) is 31.1. The van der Waals surface area contributed by atoms with Gasteiger partial charge in [-0.1, -0.05) is 11.8 Å². The van der Waals surface area contributed by atoms with Crippen molar-refractivity contribution in [2.75, 3.05) is 0 Å². The molecule has 0 saturated carbocycles. The van der Waals surface area contributed by atoms with Gasteiger partial charge in [0.15, 0.2) is 5.03 Å². The number of carbonyl (C=O) groups is 1. The Morgan fingerprint density at radius 3 is 2.89 bits per heavy atom. The van der Waals surface area contributed by atoms with Crippen LogP contribution in [-0.2, 0) is 6.54 Å². The highest BCUT2D eigenvalue weighted by molar-refractivity contribution is 7.99. The van der Waals surface area contributed by atoms with E-state index < -0.39 is 5.97 Å². The van der Waals surface area contributed by atoms with E-state index in [4.69, 9.17) is 5.11 Å². The second kappa shape index (κ2) is 5.66. The van der Waals surface area contributed by atoms with E-state index in [0.29, 0.717) is 16.5 Å². The Labute approximate surface area is 113 Å². The van der Waals surface area contributed by atoms with E-state index in [2.05, 4.69) is 9.97 Å². The first-order valence-electron chi connectivity index (χ1n) is 5.54. The van der Waals surface area contributed by atoms with Crippen molar-refractivity contribution in [3.63, 3.8) is 0 Å². The van der Waals surface area contributed by atoms with Gasteiger partial charge in [-0.3, -0.25) is 4.79 Å². The molecule has 0 aromatic carbocycles. The highest BCUT2D eigenvalue weighted by Crippen LogP contribution is 2.23. The average molecular weight is 277 g/mol. The molecule has 0 amide bonds. The Kier molecular flexibility index (Phi) is 3.96. The Bertz CT molecular complexity index is 669. The van der Waals surface area contributed by atoms with E-state index in [0.717, 1.165) is 11.8 Å². The molecule has 0 aliphatic rings. The quantitative estimate of drug-likeness (QED) is 0.911. The zero-order chi connectivity index (χ0) is 13.8. The summed E-state index contributed by atoms with van der Waals surface area (Å²) in [6, 6.07) is 3.05. The summed E-state index contributed by atoms with van der Waals surface area (Å²) in [7, 11) is 0. The van der Waals surface area contributed by atoms with Crippen LogP contribution in [0.4, 0.5) is 0 Å². The fraction of sp³-hybridized carbons (Fsp3) is 0.167. The highest BCUT2D eigenvalue weighted by atomic mass is 32.2. The SMILES string of the molecule is CCn1ccnc(Sc2ccnc(C(=O)O)c2)c1=O. The summed E-state index contributed by atoms with van der Waals surface area (Å²) in [6.07, 6.45) is 4.56. The van der Waals surface area contributed by atoms with Crippen molar-refractivity contribution in [2.45, 2.75) is 23.4 Å². The number of hydrogen-bond acceptors (Lipinski definition) is 5. The summed E-state index contributed by atoms with van der Waals surface area (Å²) in [5, 5.41) is 9.17. The van der Waals surface area contributed by atoms with Crippen LogP contribution < -0.4 is 5.56 Å². The van der Waals surface area contributed by atoms with Gasteiger partial charge in [0.1, 0.15) is 5.69 Å². The molecule has 0 atom stereocenters. The van der Waals surface area contributed by atoms with E-state index in [9.17, 15) is 9.59 Å². The average Bonchev–Trinajstić information content (AvgIpc) is 2.41. The maximum Gasteiger partial charge on any atom is 0.354 e. The standard InChI is InChI=1S/C12H11N3O3S/c1-2-15-6-5-14-10(11(15)16)19-8-3-4-13-9(7-8)12(17)18/h3-7H,2H2,1H3,(H,17,18). The molecule has 2 heterocycles. The molecule has 0 radical (unpaired) electrons. The summed E-state index contributed by atoms with van der Waals surface area (Å²) in [5.74, 6) is -1.10. The summed E-state index contributed by atoms with van der Waals surface area (Å²) >= 11 is 1.13. The van der Waals surface area contributed by atoms with Gasteiger partial charge in [0, 0.05) is 30.0 Å². The third-order valence-electron chi connectivity index (χ3n) is 2.39. The first kappa shape index (κ1) is 13.3. The lowest BCUT2D eigenvalue weighted by molar-refractivity contribution is 0.0690. The van der Waals surface area contributed by atoms with Gasteiger partial charge in [-0.2, -0.15) is 0 Å². The van der Waals surface area contributed by atoms with Crippen molar-refractivity contribution in [1.29, 1.82) is 0 Å². The first-order chi connectivity index (χ1) is 9.11. The molecule has 0 unspecified atom stereocenters. The van der Waals surface area contributed by atoms with E-state index in [-0.39, 0.29) is 11.3 Å². The zero-order valence-corrected chi connectivity index (χ0v) is 10.9. The Morgan fingerprint density at radius 1 is 1.42 bits per heavy atom. The van der Waals surface area contributed by atoms with Crippen LogP contribution in [0.25, 0.3) is 0 Å². The van der Waals surface area contributed by atoms with E-state index >= 15 is 0 Å². The Balaban J connectivity index is 2.34. The van der Waals surface area contributed by atoms with E-state index in [1.54, 1.807) is 18.5 Å². The number of carboxylic acids is 1. The normalized spacial score (nSPS) is 10.4. The second-order valence-electron chi connectivity index (χ2n) is 3.61. The Morgan fingerprint density at radius 2 is 2.21 bits per heavy atom. The number of rotatable bonds is 4. The predicted octanol–water partition coefficient (Wildman–Crippen LogP) is 1.51. The smallest absolute Gasteiger partial charge is 0.354 e. The van der Waals surface area contributed by atoms with Crippen LogP contribution in [0, 0.1) is 0 Å². The molecule has 2 aromatic rings. The van der Waals surface area contributed by atoms with Crippen LogP contribution in [0.15, 0.2) is 45.4 Å². The van der Waals surface area contributed by atoms with Gasteiger partial charge in [-0.05, 0) is 19.1 Å². The molecule has 1 N–H and O–H groups in total. The Hall–Kier alpha value is -2.15. The van der Waals surface area contributed by atoms with Gasteiger partial charge in [-0.15, -0.1) is 0 Å². The number of pyridine rings is 1. The van der Waals surface area contributed by atoms with Gasteiger partial charge in [0.2, 0.25) is 0 Å². The molecular formula is C12H11N3O3S. The number of nitrogens with zero attached hydrogens (tertiary/aromatic N) is 3. The van der Waals surface area contributed by atoms with Gasteiger partial charge in [0.25, 0.3) is 5.56 Å². The van der Waals surface area contributed by atoms with Crippen LogP contribution >= 0.6 is 11.8 Å². The van der Waals surface area contributed by atoms with Gasteiger partial charge in [-0.25, -0.2) is 14.8 Å². The predicted molar refractivity (Wildman–Crippen MR) is 69.5 cm³/mol. The third-order valence-corrected chi connectivity index (χ3v) is 3.35. The second-order valence-corrected chi connectivity index (χ2v) is 4.67. The summed E-state index contributed by atoms with van der Waals surface area (Å²) in [6.45, 7) is 2.43. The fourth-order valence-electron chi connectivity index (χ4n) is 1.45. The zero-order valence-electron chi connectivity index (χ0n) is 10.1. The van der Waals surface area contributed by atoms with Crippen LogP contribution in [0.5, 0.6) is 0 Å². The lowest BCUT2D eigenvalue weighted by atomic mass is 10.3. The minimum Gasteiger partial charge on any atom is -0.477 e. The first-order valence-corrected chi connectivity index (χ1v) is 6.36. The molecule has 0 saturated heterocycles. The monoisotopic (exact) mass is 277 g/mol. The van der Waals surface area contributed by atoms with E-state index in [1.807, 2.05) is 6.92 Å². The molecule has 7 heteroatoms. The maximum atomic E-state index is 12.0. The molecule has 2 aromatic heterocycles. The molecule has 0 bridgehead atoms. The van der Waals surface area contributed by atoms with Crippen molar-refractivity contribution in [3.8, 4) is 0 Å². The van der Waals surface area contributed by atoms with Crippen molar-refractivity contribution in [2.24, 2.45) is 0 Å². The largest absolute Gasteiger partial charge is 0.477 e. The minimum absolute atomic E-state index is 0.0586. The fourth-order valence-corrected chi connectivity index (χ4v) is 2.29. The van der Waals surface area contributed by atoms with Gasteiger partial charge in [0.05, 0.1) is 0 Å². The van der Waals surface area contributed by atoms with Gasteiger partial charge < -0.3 is 9.67 Å². The van der Waals surface area contributed by atoms with Crippen molar-refractivity contribution in [1.82, 2.24) is 14.5 Å². The summed E-state index contributed by atoms with van der Waals surface area (Å²) < 4.78 is 1.54. The van der Waals surface area contributed by atoms with Crippen molar-refractivity contribution < 1.29 is 9.90 Å². The summed E-state index contributed by atoms with van der Waals surface area (Å²) in [5.41, 5.74) is -0.250. The number of carboxylic acid groups (broad SMARTS) is 1. The molecule has 0 spiro atoms. The molecule has 98 valence electrons. The number of aromatic carboxylic acids is 1. The van der Waals surface area contributed by atoms with Gasteiger partial charge >= 0.3 is 5.97 Å². The molecular weight excluding hydrogens is 266 g/mol. The van der Waals surface area contributed by atoms with Crippen LogP contribution in [0.3, 0.4) is 0 Å². The third kappa shape index (κ3) is 3.00. The van der Waals surface area contributed by atoms with Crippen LogP contribution in [0.2, 0.25) is 0 Å². The lowest BCUT2D eigenvalue weighted by Gasteiger charge is -2.04. The van der Waals surface area contributed by atoms with Crippen LogP contribution in [0.1, 0.15) is 17.4 Å². The van der Waals surface area contributed by atoms with E-state index in [1.165, 1.54) is 16.8 Å². The molecule has 0 aliphatic heterocycles. The maximum absolute atomic E-state index is 12.0. The molecule has 0 fully saturated rings. The minimum atomic E-state index is -1.10. The van der Waals surface area contributed by atoms with Crippen molar-refractivity contribution >= 4 is 17.7 Å². The molecule has 2 rings (SSSR count). The lowest BCUT2D eigenvalue weighted by Crippen LogP contribution is -2.20. The molecule has 19 heavy (non-hydrogen) atoms.